The molecule has 3 heterocycles. The van der Waals surface area contributed by atoms with Crippen LogP contribution in [0.25, 0.3) is 10.9 Å². The molecule has 1 amide bonds. The molecule has 156 valence electrons. The summed E-state index contributed by atoms with van der Waals surface area (Å²) in [4.78, 5) is 31.0. The number of aromatic amines is 1. The topological polar surface area (TPSA) is 125 Å². The van der Waals surface area contributed by atoms with Gasteiger partial charge in [-0.1, -0.05) is 6.92 Å². The van der Waals surface area contributed by atoms with Gasteiger partial charge in [-0.3, -0.25) is 14.6 Å². The molecule has 3 aromatic heterocycles. The van der Waals surface area contributed by atoms with Crippen molar-refractivity contribution in [2.75, 3.05) is 12.4 Å². The first-order valence-electron chi connectivity index (χ1n) is 10.1. The maximum atomic E-state index is 12.0. The Morgan fingerprint density at radius 2 is 2.03 bits per heavy atom. The zero-order valence-corrected chi connectivity index (χ0v) is 17.0. The molecule has 4 rings (SSSR count). The number of rotatable bonds is 7. The number of pyridine rings is 2. The van der Waals surface area contributed by atoms with E-state index >= 15 is 0 Å². The van der Waals surface area contributed by atoms with Gasteiger partial charge in [0.05, 0.1) is 11.2 Å². The highest BCUT2D eigenvalue weighted by atomic mass is 16.1. The van der Waals surface area contributed by atoms with Crippen molar-refractivity contribution in [2.45, 2.75) is 44.8 Å². The predicted octanol–water partition coefficient (Wildman–Crippen LogP) is 1.37. The van der Waals surface area contributed by atoms with Crippen LogP contribution in [-0.2, 0) is 13.0 Å². The van der Waals surface area contributed by atoms with E-state index in [0.717, 1.165) is 35.0 Å². The second-order valence-electron chi connectivity index (χ2n) is 7.51. The molecule has 1 aliphatic carbocycles. The van der Waals surface area contributed by atoms with Crippen LogP contribution in [0, 0.1) is 0 Å². The summed E-state index contributed by atoms with van der Waals surface area (Å²) in [6, 6.07) is 7.96. The van der Waals surface area contributed by atoms with E-state index in [-0.39, 0.29) is 11.5 Å². The lowest BCUT2D eigenvalue weighted by molar-refractivity contribution is 0.0957. The van der Waals surface area contributed by atoms with Gasteiger partial charge >= 0.3 is 0 Å². The van der Waals surface area contributed by atoms with E-state index in [1.54, 1.807) is 19.2 Å². The minimum atomic E-state index is -0.251. The van der Waals surface area contributed by atoms with Gasteiger partial charge in [0.2, 0.25) is 0 Å². The van der Waals surface area contributed by atoms with Crippen LogP contribution in [0.2, 0.25) is 0 Å². The van der Waals surface area contributed by atoms with Crippen molar-refractivity contribution >= 4 is 22.6 Å². The average Bonchev–Trinajstić information content (AvgIpc) is 2.74. The number of carbonyl (C=O) groups excluding carboxylic acids is 1. The largest absolute Gasteiger partial charge is 0.366 e. The summed E-state index contributed by atoms with van der Waals surface area (Å²) in [5.74, 6) is 0.414. The van der Waals surface area contributed by atoms with E-state index < -0.39 is 0 Å². The molecule has 1 saturated carbocycles. The summed E-state index contributed by atoms with van der Waals surface area (Å²) in [6.07, 6.45) is 4.44. The molecule has 0 aromatic carbocycles. The Labute approximate surface area is 173 Å². The van der Waals surface area contributed by atoms with Gasteiger partial charge in [-0.15, -0.1) is 10.2 Å². The van der Waals surface area contributed by atoms with Crippen LogP contribution in [0.4, 0.5) is 5.82 Å². The Bertz CT molecular complexity index is 1100. The highest BCUT2D eigenvalue weighted by molar-refractivity contribution is 5.91. The highest BCUT2D eigenvalue weighted by Crippen LogP contribution is 2.24. The minimum Gasteiger partial charge on any atom is -0.366 e. The zero-order valence-electron chi connectivity index (χ0n) is 17.0. The van der Waals surface area contributed by atoms with Gasteiger partial charge in [-0.25, -0.2) is 0 Å². The molecule has 0 aliphatic heterocycles. The van der Waals surface area contributed by atoms with Gasteiger partial charge in [0.15, 0.2) is 5.69 Å². The standard InChI is InChI=1S/C21H25N7O2/c1-3-12-6-13-10-23-16(9-18(13)26-20(12)29)11-24-14-7-15(8-14)25-19-5-4-17(27-28-19)21(30)22-2/h4-6,9-10,14-15,24H,3,7-8,11H2,1-2H3,(H,22,30)(H,25,28)(H,26,29). The third-order valence-electron chi connectivity index (χ3n) is 5.43. The monoisotopic (exact) mass is 407 g/mol. The smallest absolute Gasteiger partial charge is 0.271 e. The number of aryl methyl sites for hydroxylation is 1. The zero-order chi connectivity index (χ0) is 21.1. The minimum absolute atomic E-state index is 0.0329. The number of hydrogen-bond donors (Lipinski definition) is 4. The number of aromatic nitrogens is 4. The fraction of sp³-hybridized carbons (Fsp3) is 0.381. The molecule has 4 N–H and O–H groups in total. The second-order valence-corrected chi connectivity index (χ2v) is 7.51. The van der Waals surface area contributed by atoms with Gasteiger partial charge in [-0.2, -0.15) is 0 Å². The number of carbonyl (C=O) groups is 1. The third-order valence-corrected chi connectivity index (χ3v) is 5.43. The SMILES string of the molecule is CCc1cc2cnc(CNC3CC(Nc4ccc(C(=O)NC)nn4)C3)cc2[nH]c1=O. The van der Waals surface area contributed by atoms with Crippen molar-refractivity contribution in [3.63, 3.8) is 0 Å². The van der Waals surface area contributed by atoms with E-state index in [1.165, 1.54) is 0 Å². The summed E-state index contributed by atoms with van der Waals surface area (Å²) in [6.45, 7) is 2.61. The van der Waals surface area contributed by atoms with Crippen molar-refractivity contribution in [1.82, 2.24) is 30.8 Å². The van der Waals surface area contributed by atoms with Crippen molar-refractivity contribution in [2.24, 2.45) is 0 Å². The molecule has 30 heavy (non-hydrogen) atoms. The lowest BCUT2D eigenvalue weighted by Gasteiger charge is -2.36. The quantitative estimate of drug-likeness (QED) is 0.466. The van der Waals surface area contributed by atoms with Gasteiger partial charge in [0.1, 0.15) is 5.82 Å². The van der Waals surface area contributed by atoms with E-state index in [4.69, 9.17) is 0 Å². The Kier molecular flexibility index (Phi) is 5.71. The first kappa shape index (κ1) is 20.0. The molecule has 9 heteroatoms. The predicted molar refractivity (Wildman–Crippen MR) is 114 cm³/mol. The van der Waals surface area contributed by atoms with Gasteiger partial charge in [0.25, 0.3) is 11.5 Å². The molecule has 0 bridgehead atoms. The average molecular weight is 407 g/mol. The maximum absolute atomic E-state index is 12.0. The van der Waals surface area contributed by atoms with Crippen LogP contribution >= 0.6 is 0 Å². The molecule has 0 radical (unpaired) electrons. The number of H-pyrrole nitrogens is 1. The molecule has 1 fully saturated rings. The fourth-order valence-corrected chi connectivity index (χ4v) is 3.57. The van der Waals surface area contributed by atoms with Crippen LogP contribution in [0.3, 0.4) is 0 Å². The molecule has 0 spiro atoms. The van der Waals surface area contributed by atoms with Crippen molar-refractivity contribution < 1.29 is 4.79 Å². The van der Waals surface area contributed by atoms with Gasteiger partial charge in [-0.05, 0) is 43.5 Å². The first-order valence-corrected chi connectivity index (χ1v) is 10.1. The number of anilines is 1. The number of nitrogens with one attached hydrogen (secondary N) is 4. The Morgan fingerprint density at radius 1 is 1.20 bits per heavy atom. The molecule has 0 saturated heterocycles. The summed E-state index contributed by atoms with van der Waals surface area (Å²) in [7, 11) is 1.56. The molecule has 1 aliphatic rings. The second kappa shape index (κ2) is 8.58. The number of nitrogens with zero attached hydrogens (tertiary/aromatic N) is 3. The molecular weight excluding hydrogens is 382 g/mol. The Balaban J connectivity index is 1.27. The molecule has 0 unspecified atom stereocenters. The summed E-state index contributed by atoms with van der Waals surface area (Å²) in [5.41, 5.74) is 2.75. The van der Waals surface area contributed by atoms with E-state index in [9.17, 15) is 9.59 Å². The Hall–Kier alpha value is -3.33. The van der Waals surface area contributed by atoms with Crippen LogP contribution in [0.15, 0.2) is 35.3 Å². The lowest BCUT2D eigenvalue weighted by atomic mass is 9.86. The summed E-state index contributed by atoms with van der Waals surface area (Å²) in [5, 5.41) is 18.3. The normalized spacial score (nSPS) is 18.1. The molecule has 9 nitrogen and oxygen atoms in total. The van der Waals surface area contributed by atoms with Crippen LogP contribution in [-0.4, -0.2) is 45.2 Å². The molecule has 0 atom stereocenters. The van der Waals surface area contributed by atoms with E-state index in [0.29, 0.717) is 36.6 Å². The number of fused-ring (bicyclic) bond motifs is 1. The number of amides is 1. The molecule has 3 aromatic rings. The van der Waals surface area contributed by atoms with Gasteiger partial charge < -0.3 is 20.9 Å². The third kappa shape index (κ3) is 4.30. The lowest BCUT2D eigenvalue weighted by Crippen LogP contribution is -2.47. The Morgan fingerprint density at radius 3 is 2.73 bits per heavy atom. The maximum Gasteiger partial charge on any atom is 0.271 e. The van der Waals surface area contributed by atoms with Crippen LogP contribution in [0.1, 0.15) is 41.5 Å². The fourth-order valence-electron chi connectivity index (χ4n) is 3.57. The van der Waals surface area contributed by atoms with Crippen molar-refractivity contribution in [1.29, 1.82) is 0 Å². The highest BCUT2D eigenvalue weighted by Gasteiger charge is 2.29. The first-order chi connectivity index (χ1) is 14.6. The van der Waals surface area contributed by atoms with Crippen molar-refractivity contribution in [3.8, 4) is 0 Å². The van der Waals surface area contributed by atoms with Crippen LogP contribution in [0.5, 0.6) is 0 Å². The van der Waals surface area contributed by atoms with Crippen LogP contribution < -0.4 is 21.5 Å². The summed E-state index contributed by atoms with van der Waals surface area (Å²) < 4.78 is 0. The van der Waals surface area contributed by atoms with E-state index in [1.807, 2.05) is 25.3 Å². The molecular formula is C21H25N7O2. The summed E-state index contributed by atoms with van der Waals surface area (Å²) >= 11 is 0. The van der Waals surface area contributed by atoms with E-state index in [2.05, 4.69) is 36.1 Å². The van der Waals surface area contributed by atoms with Crippen molar-refractivity contribution in [3.05, 3.63) is 57.8 Å². The number of hydrogen-bond acceptors (Lipinski definition) is 7. The van der Waals surface area contributed by atoms with Gasteiger partial charge in [0, 0.05) is 42.8 Å².